The van der Waals surface area contributed by atoms with Gasteiger partial charge in [-0.15, -0.1) is 0 Å². The molecule has 0 saturated carbocycles. The Balaban J connectivity index is 1.72. The summed E-state index contributed by atoms with van der Waals surface area (Å²) in [5.74, 6) is -0.867. The SMILES string of the molecule is CSNc1nn(C)c2c(-c3ccc(C#CC(C)(C)N)nc3C(Cc3cc(F)cc(F)c3)NC(=O)NC3=C(C(=N)C(F)F)C[C@@H](C)C3(F)F)ccc(Cl)c12. The molecule has 5 rings (SSSR count). The number of hydrogen-bond donors (Lipinski definition) is 5. The van der Waals surface area contributed by atoms with E-state index in [-0.39, 0.29) is 23.4 Å². The number of nitrogens with one attached hydrogen (secondary N) is 4. The smallest absolute Gasteiger partial charge is 0.319 e. The molecule has 6 N–H and O–H groups in total. The summed E-state index contributed by atoms with van der Waals surface area (Å²) in [4.78, 5) is 18.5. The number of fused-ring (bicyclic) bond motifs is 1. The Morgan fingerprint density at radius 1 is 1.17 bits per heavy atom. The predicted molar refractivity (Wildman–Crippen MR) is 195 cm³/mol. The summed E-state index contributed by atoms with van der Waals surface area (Å²) < 4.78 is 91.4. The van der Waals surface area contributed by atoms with Gasteiger partial charge in [0, 0.05) is 42.0 Å². The predicted octanol–water partition coefficient (Wildman–Crippen LogP) is 8.14. The molecule has 0 saturated heterocycles. The number of aryl methyl sites for hydroxylation is 1. The molecule has 9 nitrogen and oxygen atoms in total. The molecule has 4 aromatic rings. The number of allylic oxidation sites excluding steroid dienone is 2. The van der Waals surface area contributed by atoms with Crippen LogP contribution in [0.4, 0.5) is 37.0 Å². The zero-order chi connectivity index (χ0) is 39.0. The number of carbonyl (C=O) groups excluding carboxylic acids is 1. The van der Waals surface area contributed by atoms with Crippen molar-refractivity contribution in [3.05, 3.63) is 87.3 Å². The number of pyridine rings is 1. The number of urea groups is 1. The fourth-order valence-electron chi connectivity index (χ4n) is 6.03. The number of aromatic nitrogens is 3. The van der Waals surface area contributed by atoms with Crippen molar-refractivity contribution in [2.24, 2.45) is 18.7 Å². The second-order valence-electron chi connectivity index (χ2n) is 13.1. The van der Waals surface area contributed by atoms with Crippen molar-refractivity contribution in [1.29, 1.82) is 5.41 Å². The van der Waals surface area contributed by atoms with Crippen LogP contribution in [0.15, 0.2) is 53.7 Å². The summed E-state index contributed by atoms with van der Waals surface area (Å²) in [5, 5.41) is 17.8. The second-order valence-corrected chi connectivity index (χ2v) is 14.1. The first-order chi connectivity index (χ1) is 24.8. The van der Waals surface area contributed by atoms with E-state index in [0.717, 1.165) is 19.1 Å². The van der Waals surface area contributed by atoms with Gasteiger partial charge in [-0.2, -0.15) is 13.9 Å². The Morgan fingerprint density at radius 2 is 1.83 bits per heavy atom. The van der Waals surface area contributed by atoms with Gasteiger partial charge in [-0.25, -0.2) is 27.3 Å². The Kier molecular flexibility index (Phi) is 11.4. The number of hydrogen-bond acceptors (Lipinski definition) is 7. The van der Waals surface area contributed by atoms with Crippen LogP contribution >= 0.6 is 23.5 Å². The van der Waals surface area contributed by atoms with Gasteiger partial charge in [0.1, 0.15) is 23.0 Å². The maximum atomic E-state index is 15.3. The molecule has 0 radical (unpaired) electrons. The van der Waals surface area contributed by atoms with Crippen LogP contribution in [0.2, 0.25) is 5.02 Å². The van der Waals surface area contributed by atoms with Gasteiger partial charge in [-0.05, 0) is 68.5 Å². The van der Waals surface area contributed by atoms with Gasteiger partial charge in [0.25, 0.3) is 12.3 Å². The molecule has 1 aliphatic carbocycles. The van der Waals surface area contributed by atoms with Gasteiger partial charge in [-0.1, -0.05) is 42.5 Å². The summed E-state index contributed by atoms with van der Waals surface area (Å²) in [6.07, 6.45) is -2.47. The van der Waals surface area contributed by atoms with Crippen LogP contribution in [0.25, 0.3) is 22.0 Å². The molecule has 17 heteroatoms. The van der Waals surface area contributed by atoms with Crippen molar-refractivity contribution >= 4 is 52.0 Å². The molecule has 0 fully saturated rings. The minimum Gasteiger partial charge on any atom is -0.329 e. The topological polar surface area (TPSA) is 134 Å². The summed E-state index contributed by atoms with van der Waals surface area (Å²) >= 11 is 7.93. The molecule has 0 aliphatic heterocycles. The van der Waals surface area contributed by atoms with E-state index in [0.29, 0.717) is 38.9 Å². The van der Waals surface area contributed by atoms with Crippen molar-refractivity contribution in [1.82, 2.24) is 25.4 Å². The van der Waals surface area contributed by atoms with Crippen molar-refractivity contribution in [2.75, 3.05) is 11.0 Å². The van der Waals surface area contributed by atoms with Gasteiger partial charge in [0.2, 0.25) is 0 Å². The lowest BCUT2D eigenvalue weighted by molar-refractivity contribution is -0.00566. The van der Waals surface area contributed by atoms with Crippen LogP contribution in [-0.4, -0.2) is 50.6 Å². The van der Waals surface area contributed by atoms with Crippen molar-refractivity contribution < 1.29 is 31.1 Å². The summed E-state index contributed by atoms with van der Waals surface area (Å²) in [6.45, 7) is 4.46. The minimum atomic E-state index is -3.76. The van der Waals surface area contributed by atoms with Crippen LogP contribution in [0.1, 0.15) is 50.2 Å². The third-order valence-electron chi connectivity index (χ3n) is 8.41. The summed E-state index contributed by atoms with van der Waals surface area (Å²) in [7, 11) is 1.69. The quantitative estimate of drug-likeness (QED) is 0.0478. The molecule has 2 amide bonds. The Morgan fingerprint density at radius 3 is 2.45 bits per heavy atom. The number of nitrogens with zero attached hydrogens (tertiary/aromatic N) is 3. The van der Waals surface area contributed by atoms with Crippen LogP contribution < -0.4 is 21.1 Å². The highest BCUT2D eigenvalue weighted by Crippen LogP contribution is 2.44. The molecule has 1 unspecified atom stereocenters. The first-order valence-corrected chi connectivity index (χ1v) is 17.7. The number of alkyl halides is 4. The van der Waals surface area contributed by atoms with Gasteiger partial charge < -0.3 is 21.1 Å². The molecule has 0 bridgehead atoms. The second kappa shape index (κ2) is 15.3. The fourth-order valence-corrected chi connectivity index (χ4v) is 6.61. The largest absolute Gasteiger partial charge is 0.329 e. The monoisotopic (exact) mass is 776 g/mol. The van der Waals surface area contributed by atoms with Gasteiger partial charge in [-0.3, -0.25) is 10.1 Å². The number of nitrogens with two attached hydrogens (primary N) is 1. The zero-order valence-corrected chi connectivity index (χ0v) is 30.6. The maximum Gasteiger partial charge on any atom is 0.319 e. The highest BCUT2D eigenvalue weighted by molar-refractivity contribution is 7.99. The maximum absolute atomic E-state index is 15.3. The normalized spacial score (nSPS) is 16.1. The number of carbonyl (C=O) groups is 1. The van der Waals surface area contributed by atoms with E-state index in [2.05, 4.69) is 27.0 Å². The van der Waals surface area contributed by atoms with Crippen molar-refractivity contribution in [2.45, 2.75) is 57.5 Å². The van der Waals surface area contributed by atoms with E-state index < -0.39 is 70.9 Å². The lowest BCUT2D eigenvalue weighted by atomic mass is 9.93. The molecule has 0 spiro atoms. The number of rotatable bonds is 10. The third-order valence-corrected chi connectivity index (χ3v) is 9.12. The molecule has 53 heavy (non-hydrogen) atoms. The van der Waals surface area contributed by atoms with Gasteiger partial charge in [0.15, 0.2) is 5.82 Å². The van der Waals surface area contributed by atoms with Crippen LogP contribution in [-0.2, 0) is 13.5 Å². The van der Waals surface area contributed by atoms with Crippen LogP contribution in [0.3, 0.4) is 0 Å². The first-order valence-electron chi connectivity index (χ1n) is 16.1. The summed E-state index contributed by atoms with van der Waals surface area (Å²) in [5.41, 5.74) is 3.76. The molecular formula is C36H35ClF6N8OS. The van der Waals surface area contributed by atoms with E-state index >= 15 is 8.78 Å². The summed E-state index contributed by atoms with van der Waals surface area (Å²) in [6, 6.07) is 6.73. The van der Waals surface area contributed by atoms with E-state index in [1.54, 1.807) is 56.1 Å². The number of halogens is 7. The fraction of sp³-hybridized carbons (Fsp3) is 0.333. The standard InChI is InChI=1S/C36H35ClF6N8OS/c1-17-12-24(28(44)32(40)41)31(36(17,42)43)48-34(52)47-26(15-18-13-19(38)16-20(39)14-18)29-22(7-6-21(46-29)10-11-35(2,3)45)23-8-9-25(37)27-30(23)51(4)49-33(27)50-53-5/h6-9,13-14,16-17,26,32,44H,12,15,45H2,1-5H3,(H,49,50)(H2,47,48,52)/t17-,26?/m1/s1. The first kappa shape index (κ1) is 39.5. The van der Waals surface area contributed by atoms with Gasteiger partial charge in [0.05, 0.1) is 38.9 Å². The van der Waals surface area contributed by atoms with E-state index in [9.17, 15) is 22.4 Å². The molecule has 2 aromatic heterocycles. The average Bonchev–Trinajstić information content (AvgIpc) is 3.50. The number of amides is 2. The van der Waals surface area contributed by atoms with Crippen molar-refractivity contribution in [3.63, 3.8) is 0 Å². The van der Waals surface area contributed by atoms with Gasteiger partial charge >= 0.3 is 6.03 Å². The number of anilines is 1. The Labute approximate surface area is 310 Å². The molecule has 2 aromatic carbocycles. The zero-order valence-electron chi connectivity index (χ0n) is 29.1. The van der Waals surface area contributed by atoms with E-state index in [4.69, 9.17) is 27.7 Å². The van der Waals surface area contributed by atoms with Crippen LogP contribution in [0.5, 0.6) is 0 Å². The third kappa shape index (κ3) is 8.58. The number of benzene rings is 2. The molecule has 2 heterocycles. The van der Waals surface area contributed by atoms with E-state index in [1.807, 2.05) is 5.32 Å². The molecule has 2 atom stereocenters. The molecule has 1 aliphatic rings. The highest BCUT2D eigenvalue weighted by Gasteiger charge is 2.50. The molecular weight excluding hydrogens is 742 g/mol. The average molecular weight is 777 g/mol. The Bertz CT molecular complexity index is 2170. The highest BCUT2D eigenvalue weighted by atomic mass is 35.5. The molecule has 280 valence electrons. The van der Waals surface area contributed by atoms with Crippen LogP contribution in [0, 0.1) is 34.8 Å². The minimum absolute atomic E-state index is 0.0626. The lowest BCUT2D eigenvalue weighted by Gasteiger charge is -2.25. The van der Waals surface area contributed by atoms with Crippen molar-refractivity contribution in [3.8, 4) is 23.0 Å². The van der Waals surface area contributed by atoms with E-state index in [1.165, 1.54) is 11.9 Å². The lowest BCUT2D eigenvalue weighted by Crippen LogP contribution is -2.43. The Hall–Kier alpha value is -4.72.